The Labute approximate surface area is 140 Å². The van der Waals surface area contributed by atoms with E-state index in [2.05, 4.69) is 39.4 Å². The third-order valence-electron chi connectivity index (χ3n) is 3.18. The highest BCUT2D eigenvalue weighted by Gasteiger charge is 2.19. The van der Waals surface area contributed by atoms with E-state index in [9.17, 15) is 8.42 Å². The summed E-state index contributed by atoms with van der Waals surface area (Å²) in [4.78, 5) is 2.21. The molecule has 0 aliphatic rings. The summed E-state index contributed by atoms with van der Waals surface area (Å²) < 4.78 is 27.4. The number of hydrogen-bond donors (Lipinski definition) is 2. The fraction of sp³-hybridized carbons (Fsp3) is 0.538. The number of rotatable bonds is 7. The lowest BCUT2D eigenvalue weighted by molar-refractivity contribution is 0.271. The second-order valence-corrected chi connectivity index (χ2v) is 8.10. The number of sulfonamides is 1. The van der Waals surface area contributed by atoms with E-state index >= 15 is 0 Å². The summed E-state index contributed by atoms with van der Waals surface area (Å²) in [6, 6.07) is 3.32. The smallest absolute Gasteiger partial charge is 0.241 e. The summed E-state index contributed by atoms with van der Waals surface area (Å²) in [6.07, 6.45) is 0.724. The molecule has 8 heteroatoms. The van der Waals surface area contributed by atoms with E-state index in [4.69, 9.17) is 17.3 Å². The number of nitrogens with two attached hydrogens (primary N) is 1. The fourth-order valence-electron chi connectivity index (χ4n) is 1.65. The topological polar surface area (TPSA) is 75.4 Å². The van der Waals surface area contributed by atoms with Crippen molar-refractivity contribution >= 4 is 43.2 Å². The molecule has 0 aliphatic heterocycles. The van der Waals surface area contributed by atoms with Crippen LogP contribution < -0.4 is 10.5 Å². The van der Waals surface area contributed by atoms with E-state index < -0.39 is 10.0 Å². The minimum atomic E-state index is -3.63. The molecule has 0 unspecified atom stereocenters. The lowest BCUT2D eigenvalue weighted by atomic mass is 10.3. The summed E-state index contributed by atoms with van der Waals surface area (Å²) >= 11 is 9.06. The molecule has 0 atom stereocenters. The Morgan fingerprint density at radius 3 is 2.62 bits per heavy atom. The van der Waals surface area contributed by atoms with E-state index in [1.807, 2.05) is 7.05 Å². The van der Waals surface area contributed by atoms with Crippen molar-refractivity contribution < 1.29 is 8.42 Å². The van der Waals surface area contributed by atoms with Gasteiger partial charge in [0.1, 0.15) is 0 Å². The van der Waals surface area contributed by atoms with Gasteiger partial charge in [-0.05, 0) is 61.9 Å². The highest BCUT2D eigenvalue weighted by Crippen LogP contribution is 2.31. The molecule has 3 N–H and O–H groups in total. The van der Waals surface area contributed by atoms with Crippen molar-refractivity contribution in [3.63, 3.8) is 0 Å². The van der Waals surface area contributed by atoms with Crippen molar-refractivity contribution in [1.29, 1.82) is 0 Å². The summed E-state index contributed by atoms with van der Waals surface area (Å²) in [6.45, 7) is 5.36. The van der Waals surface area contributed by atoms with Crippen LogP contribution in [0, 0.1) is 0 Å². The first kappa shape index (κ1) is 18.7. The highest BCUT2D eigenvalue weighted by atomic mass is 79.9. The second kappa shape index (κ2) is 7.78. The summed E-state index contributed by atoms with van der Waals surface area (Å²) in [5, 5.41) is 0.288. The van der Waals surface area contributed by atoms with Crippen LogP contribution in [-0.4, -0.2) is 39.5 Å². The minimum Gasteiger partial charge on any atom is -0.398 e. The average molecular weight is 399 g/mol. The standard InChI is InChI=1S/C13H21BrClN3O2S/c1-9(2)18(3)6-4-5-17-21(19,20)12-8-10(15)7-11(16)13(12)14/h7-9,17H,4-6,16H2,1-3H3. The lowest BCUT2D eigenvalue weighted by Crippen LogP contribution is -2.31. The maximum Gasteiger partial charge on any atom is 0.241 e. The lowest BCUT2D eigenvalue weighted by Gasteiger charge is -2.20. The zero-order chi connectivity index (χ0) is 16.2. The number of anilines is 1. The molecule has 0 heterocycles. The van der Waals surface area contributed by atoms with Gasteiger partial charge >= 0.3 is 0 Å². The maximum absolute atomic E-state index is 12.3. The van der Waals surface area contributed by atoms with Crippen molar-refractivity contribution in [3.8, 4) is 0 Å². The van der Waals surface area contributed by atoms with Crippen LogP contribution in [0.2, 0.25) is 5.02 Å². The zero-order valence-corrected chi connectivity index (χ0v) is 15.5. The maximum atomic E-state index is 12.3. The Kier molecular flexibility index (Phi) is 6.93. The summed E-state index contributed by atoms with van der Waals surface area (Å²) in [7, 11) is -1.63. The van der Waals surface area contributed by atoms with Gasteiger partial charge in [0, 0.05) is 23.3 Å². The molecule has 1 aromatic carbocycles. The van der Waals surface area contributed by atoms with Crippen LogP contribution in [0.1, 0.15) is 20.3 Å². The minimum absolute atomic E-state index is 0.0599. The van der Waals surface area contributed by atoms with E-state index in [0.717, 1.165) is 13.0 Å². The first-order valence-electron chi connectivity index (χ1n) is 6.59. The molecule has 0 bridgehead atoms. The molecule has 0 aliphatic carbocycles. The molecule has 0 spiro atoms. The van der Waals surface area contributed by atoms with Gasteiger partial charge < -0.3 is 10.6 Å². The van der Waals surface area contributed by atoms with Gasteiger partial charge in [-0.15, -0.1) is 0 Å². The molecule has 0 fully saturated rings. The zero-order valence-electron chi connectivity index (χ0n) is 12.4. The Hall–Kier alpha value is -0.340. The predicted octanol–water partition coefficient (Wildman–Crippen LogP) is 2.69. The van der Waals surface area contributed by atoms with Crippen LogP contribution in [0.4, 0.5) is 5.69 Å². The van der Waals surface area contributed by atoms with Gasteiger partial charge in [0.15, 0.2) is 0 Å². The molecule has 0 saturated carbocycles. The van der Waals surface area contributed by atoms with Crippen LogP contribution in [0.15, 0.2) is 21.5 Å². The first-order chi connectivity index (χ1) is 9.65. The van der Waals surface area contributed by atoms with Crippen molar-refractivity contribution in [3.05, 3.63) is 21.6 Å². The van der Waals surface area contributed by atoms with Gasteiger partial charge in [-0.3, -0.25) is 0 Å². The molecule has 5 nitrogen and oxygen atoms in total. The Bertz CT molecular complexity index is 593. The molecule has 1 aromatic rings. The van der Waals surface area contributed by atoms with Gasteiger partial charge in [-0.25, -0.2) is 13.1 Å². The summed E-state index contributed by atoms with van der Waals surface area (Å²) in [5.74, 6) is 0. The van der Waals surface area contributed by atoms with E-state index in [1.165, 1.54) is 12.1 Å². The van der Waals surface area contributed by atoms with Crippen molar-refractivity contribution in [1.82, 2.24) is 9.62 Å². The van der Waals surface area contributed by atoms with E-state index in [0.29, 0.717) is 22.7 Å². The molecule has 0 amide bonds. The monoisotopic (exact) mass is 397 g/mol. The quantitative estimate of drug-likeness (QED) is 0.547. The highest BCUT2D eigenvalue weighted by molar-refractivity contribution is 9.10. The van der Waals surface area contributed by atoms with Crippen LogP contribution in [0.5, 0.6) is 0 Å². The third kappa shape index (κ3) is 5.41. The molecule has 120 valence electrons. The third-order valence-corrected chi connectivity index (χ3v) is 6.03. The molecular formula is C13H21BrClN3O2S. The Morgan fingerprint density at radius 1 is 1.43 bits per heavy atom. The van der Waals surface area contributed by atoms with Gasteiger partial charge in [0.2, 0.25) is 10.0 Å². The molecule has 1 rings (SSSR count). The first-order valence-corrected chi connectivity index (χ1v) is 9.25. The van der Waals surface area contributed by atoms with Gasteiger partial charge in [-0.2, -0.15) is 0 Å². The molecule has 0 aromatic heterocycles. The number of hydrogen-bond acceptors (Lipinski definition) is 4. The van der Waals surface area contributed by atoms with Crippen LogP contribution >= 0.6 is 27.5 Å². The molecule has 21 heavy (non-hydrogen) atoms. The predicted molar refractivity (Wildman–Crippen MR) is 91.1 cm³/mol. The summed E-state index contributed by atoms with van der Waals surface area (Å²) in [5.41, 5.74) is 6.01. The number of halogens is 2. The van der Waals surface area contributed by atoms with Crippen LogP contribution in [-0.2, 0) is 10.0 Å². The number of nitrogens with zero attached hydrogens (tertiary/aromatic N) is 1. The van der Waals surface area contributed by atoms with Crippen molar-refractivity contribution in [2.24, 2.45) is 0 Å². The normalized spacial score (nSPS) is 12.3. The molecule has 0 radical (unpaired) electrons. The fourth-order valence-corrected chi connectivity index (χ4v) is 4.01. The number of nitrogens with one attached hydrogen (secondary N) is 1. The van der Waals surface area contributed by atoms with Gasteiger partial charge in [0.05, 0.1) is 9.37 Å². The second-order valence-electron chi connectivity index (χ2n) is 5.13. The Balaban J connectivity index is 2.71. The van der Waals surface area contributed by atoms with Gasteiger partial charge in [-0.1, -0.05) is 11.6 Å². The van der Waals surface area contributed by atoms with Crippen LogP contribution in [0.3, 0.4) is 0 Å². The Morgan fingerprint density at radius 2 is 2.05 bits per heavy atom. The van der Waals surface area contributed by atoms with Crippen molar-refractivity contribution in [2.45, 2.75) is 31.2 Å². The number of benzene rings is 1. The average Bonchev–Trinajstić information content (AvgIpc) is 2.38. The molecular weight excluding hydrogens is 378 g/mol. The van der Waals surface area contributed by atoms with Crippen molar-refractivity contribution in [2.75, 3.05) is 25.9 Å². The van der Waals surface area contributed by atoms with E-state index in [-0.39, 0.29) is 9.92 Å². The number of nitrogen functional groups attached to an aromatic ring is 1. The largest absolute Gasteiger partial charge is 0.398 e. The SMILES string of the molecule is CC(C)N(C)CCCNS(=O)(=O)c1cc(Cl)cc(N)c1Br. The van der Waals surface area contributed by atoms with Crippen LogP contribution in [0.25, 0.3) is 0 Å². The molecule has 0 saturated heterocycles. The van der Waals surface area contributed by atoms with Gasteiger partial charge in [0.25, 0.3) is 0 Å². The van der Waals surface area contributed by atoms with E-state index in [1.54, 1.807) is 0 Å².